The first-order valence-electron chi connectivity index (χ1n) is 6.13. The van der Waals surface area contributed by atoms with Crippen LogP contribution >= 0.6 is 11.8 Å². The van der Waals surface area contributed by atoms with Gasteiger partial charge in [-0.05, 0) is 31.4 Å². The highest BCUT2D eigenvalue weighted by molar-refractivity contribution is 7.99. The number of aryl methyl sites for hydroxylation is 1. The van der Waals surface area contributed by atoms with Crippen molar-refractivity contribution in [3.05, 3.63) is 18.2 Å². The summed E-state index contributed by atoms with van der Waals surface area (Å²) >= 11 is 2.04. The van der Waals surface area contributed by atoms with E-state index >= 15 is 0 Å². The zero-order valence-electron chi connectivity index (χ0n) is 10.7. The summed E-state index contributed by atoms with van der Waals surface area (Å²) in [7, 11) is 4.22. The third kappa shape index (κ3) is 2.67. The van der Waals surface area contributed by atoms with Crippen LogP contribution in [0.15, 0.2) is 12.4 Å². The number of hydrogen-bond acceptors (Lipinski definition) is 4. The fourth-order valence-corrected chi connectivity index (χ4v) is 3.67. The Kier molecular flexibility index (Phi) is 4.12. The maximum Gasteiger partial charge on any atom is 0.122 e. The normalized spacial score (nSPS) is 19.8. The quantitative estimate of drug-likeness (QED) is 0.873. The van der Waals surface area contributed by atoms with Crippen LogP contribution < -0.4 is 5.73 Å². The van der Waals surface area contributed by atoms with Crippen molar-refractivity contribution >= 4 is 11.8 Å². The van der Waals surface area contributed by atoms with E-state index in [1.807, 2.05) is 31.2 Å². The largest absolute Gasteiger partial charge is 0.337 e. The molecule has 1 aromatic heterocycles. The molecule has 0 atom stereocenters. The second kappa shape index (κ2) is 5.42. The van der Waals surface area contributed by atoms with Gasteiger partial charge in [-0.25, -0.2) is 4.98 Å². The zero-order valence-corrected chi connectivity index (χ0v) is 11.5. The highest BCUT2D eigenvalue weighted by atomic mass is 32.2. The summed E-state index contributed by atoms with van der Waals surface area (Å²) in [4.78, 5) is 6.79. The van der Waals surface area contributed by atoms with Crippen LogP contribution in [0, 0.1) is 0 Å². The first kappa shape index (κ1) is 12.9. The van der Waals surface area contributed by atoms with Crippen molar-refractivity contribution in [2.24, 2.45) is 12.8 Å². The molecule has 0 saturated carbocycles. The molecule has 0 unspecified atom stereocenters. The van der Waals surface area contributed by atoms with E-state index in [9.17, 15) is 0 Å². The van der Waals surface area contributed by atoms with E-state index in [0.717, 1.165) is 18.9 Å². The lowest BCUT2D eigenvalue weighted by molar-refractivity contribution is 0.104. The van der Waals surface area contributed by atoms with Gasteiger partial charge >= 0.3 is 0 Å². The molecule has 2 heterocycles. The molecule has 1 aliphatic heterocycles. The van der Waals surface area contributed by atoms with Crippen LogP contribution in [0.5, 0.6) is 0 Å². The lowest BCUT2D eigenvalue weighted by Gasteiger charge is -2.43. The van der Waals surface area contributed by atoms with Crippen molar-refractivity contribution in [3.8, 4) is 0 Å². The number of hydrogen-bond donors (Lipinski definition) is 1. The number of aromatic nitrogens is 2. The van der Waals surface area contributed by atoms with E-state index in [2.05, 4.69) is 21.5 Å². The standard InChI is InChI=1S/C12H22N4S/c1-15-6-5-14-11(15)9-16(2)12(10-13)3-7-17-8-4-12/h5-6H,3-4,7-10,13H2,1-2H3. The van der Waals surface area contributed by atoms with Gasteiger partial charge in [0.25, 0.3) is 0 Å². The summed E-state index contributed by atoms with van der Waals surface area (Å²) in [5.41, 5.74) is 6.21. The molecule has 0 bridgehead atoms. The van der Waals surface area contributed by atoms with Crippen molar-refractivity contribution in [1.82, 2.24) is 14.5 Å². The molecule has 2 rings (SSSR count). The molecule has 1 saturated heterocycles. The molecule has 2 N–H and O–H groups in total. The molecule has 1 aromatic rings. The van der Waals surface area contributed by atoms with Gasteiger partial charge in [0.2, 0.25) is 0 Å². The van der Waals surface area contributed by atoms with Gasteiger partial charge < -0.3 is 10.3 Å². The summed E-state index contributed by atoms with van der Waals surface area (Å²) in [6.07, 6.45) is 6.23. The molecule has 17 heavy (non-hydrogen) atoms. The van der Waals surface area contributed by atoms with Gasteiger partial charge in [-0.15, -0.1) is 0 Å². The molecule has 0 aromatic carbocycles. The lowest BCUT2D eigenvalue weighted by Crippen LogP contribution is -2.54. The van der Waals surface area contributed by atoms with Gasteiger partial charge in [0.05, 0.1) is 6.54 Å². The minimum atomic E-state index is 0.178. The van der Waals surface area contributed by atoms with E-state index in [1.54, 1.807) is 0 Å². The number of thioether (sulfide) groups is 1. The van der Waals surface area contributed by atoms with Crippen LogP contribution in [-0.4, -0.2) is 45.1 Å². The lowest BCUT2D eigenvalue weighted by atomic mass is 9.90. The molecular formula is C12H22N4S. The molecule has 5 heteroatoms. The Bertz CT molecular complexity index is 357. The predicted molar refractivity (Wildman–Crippen MR) is 73.0 cm³/mol. The fourth-order valence-electron chi connectivity index (χ4n) is 2.42. The Morgan fingerprint density at radius 1 is 1.53 bits per heavy atom. The molecule has 0 spiro atoms. The summed E-state index contributed by atoms with van der Waals surface area (Å²) in [6, 6.07) is 0. The van der Waals surface area contributed by atoms with E-state index < -0.39 is 0 Å². The van der Waals surface area contributed by atoms with Gasteiger partial charge in [0.1, 0.15) is 5.82 Å². The minimum absolute atomic E-state index is 0.178. The van der Waals surface area contributed by atoms with Crippen LogP contribution in [0.1, 0.15) is 18.7 Å². The monoisotopic (exact) mass is 254 g/mol. The molecular weight excluding hydrogens is 232 g/mol. The molecule has 0 aliphatic carbocycles. The summed E-state index contributed by atoms with van der Waals surface area (Å²) in [6.45, 7) is 1.62. The molecule has 0 amide bonds. The Morgan fingerprint density at radius 2 is 2.24 bits per heavy atom. The van der Waals surface area contributed by atoms with Crippen LogP contribution in [0.4, 0.5) is 0 Å². The van der Waals surface area contributed by atoms with E-state index in [-0.39, 0.29) is 5.54 Å². The van der Waals surface area contributed by atoms with E-state index in [0.29, 0.717) is 0 Å². The molecule has 96 valence electrons. The first-order chi connectivity index (χ1) is 8.18. The van der Waals surface area contributed by atoms with Crippen LogP contribution in [0.2, 0.25) is 0 Å². The number of nitrogens with zero attached hydrogens (tertiary/aromatic N) is 3. The van der Waals surface area contributed by atoms with Gasteiger partial charge in [-0.3, -0.25) is 4.90 Å². The molecule has 1 aliphatic rings. The van der Waals surface area contributed by atoms with Crippen molar-refractivity contribution in [2.75, 3.05) is 25.1 Å². The average molecular weight is 254 g/mol. The van der Waals surface area contributed by atoms with Crippen molar-refractivity contribution in [1.29, 1.82) is 0 Å². The number of likely N-dealkylation sites (N-methyl/N-ethyl adjacent to an activating group) is 1. The topological polar surface area (TPSA) is 47.1 Å². The van der Waals surface area contributed by atoms with Crippen LogP contribution in [0.25, 0.3) is 0 Å². The van der Waals surface area contributed by atoms with E-state index in [1.165, 1.54) is 24.3 Å². The number of nitrogens with two attached hydrogens (primary N) is 1. The fraction of sp³-hybridized carbons (Fsp3) is 0.750. The Labute approximate surface area is 108 Å². The minimum Gasteiger partial charge on any atom is -0.337 e. The summed E-state index contributed by atoms with van der Waals surface area (Å²) in [5.74, 6) is 3.56. The van der Waals surface area contributed by atoms with Gasteiger partial charge in [-0.2, -0.15) is 11.8 Å². The molecule has 1 fully saturated rings. The predicted octanol–water partition coefficient (Wildman–Crippen LogP) is 1.08. The van der Waals surface area contributed by atoms with Crippen molar-refractivity contribution in [3.63, 3.8) is 0 Å². The number of imidazole rings is 1. The van der Waals surface area contributed by atoms with Crippen molar-refractivity contribution in [2.45, 2.75) is 24.9 Å². The van der Waals surface area contributed by atoms with Gasteiger partial charge in [0.15, 0.2) is 0 Å². The van der Waals surface area contributed by atoms with Crippen LogP contribution in [-0.2, 0) is 13.6 Å². The Morgan fingerprint density at radius 3 is 2.76 bits per heavy atom. The third-order valence-electron chi connectivity index (χ3n) is 3.91. The maximum atomic E-state index is 6.03. The summed E-state index contributed by atoms with van der Waals surface area (Å²) in [5, 5.41) is 0. The maximum absolute atomic E-state index is 6.03. The highest BCUT2D eigenvalue weighted by Crippen LogP contribution is 2.31. The van der Waals surface area contributed by atoms with Crippen LogP contribution in [0.3, 0.4) is 0 Å². The molecule has 0 radical (unpaired) electrons. The van der Waals surface area contributed by atoms with Gasteiger partial charge in [0, 0.05) is 31.5 Å². The number of rotatable bonds is 4. The summed E-state index contributed by atoms with van der Waals surface area (Å²) < 4.78 is 2.08. The van der Waals surface area contributed by atoms with Crippen molar-refractivity contribution < 1.29 is 0 Å². The zero-order chi connectivity index (χ0) is 12.3. The third-order valence-corrected chi connectivity index (χ3v) is 4.90. The molecule has 4 nitrogen and oxygen atoms in total. The highest BCUT2D eigenvalue weighted by Gasteiger charge is 2.35. The Balaban J connectivity index is 2.07. The van der Waals surface area contributed by atoms with E-state index in [4.69, 9.17) is 5.73 Å². The SMILES string of the molecule is CN(Cc1nccn1C)C1(CN)CCSCC1. The Hall–Kier alpha value is -0.520. The second-order valence-corrected chi connectivity index (χ2v) is 6.08. The van der Waals surface area contributed by atoms with Gasteiger partial charge in [-0.1, -0.05) is 0 Å². The smallest absolute Gasteiger partial charge is 0.122 e. The second-order valence-electron chi connectivity index (χ2n) is 4.85. The first-order valence-corrected chi connectivity index (χ1v) is 7.29. The average Bonchev–Trinajstić information content (AvgIpc) is 2.76.